The van der Waals surface area contributed by atoms with Crippen LogP contribution in [0.4, 0.5) is 0 Å². The SMILES string of the molecule is CCCCCCc1ccc(C(=O)O[C@@H]2CO[C@H]3[C@@H]2OC[C@H]3OCc2ccccc2)cc1. The van der Waals surface area contributed by atoms with Crippen molar-refractivity contribution in [1.29, 1.82) is 0 Å². The highest BCUT2D eigenvalue weighted by Gasteiger charge is 2.50. The molecule has 0 aliphatic carbocycles. The first-order valence-corrected chi connectivity index (χ1v) is 11.4. The van der Waals surface area contributed by atoms with Gasteiger partial charge in [-0.05, 0) is 36.1 Å². The molecule has 2 aliphatic rings. The predicted octanol–water partition coefficient (Wildman–Crippen LogP) is 4.72. The van der Waals surface area contributed by atoms with Crippen LogP contribution in [0.15, 0.2) is 54.6 Å². The van der Waals surface area contributed by atoms with E-state index >= 15 is 0 Å². The van der Waals surface area contributed by atoms with E-state index in [4.69, 9.17) is 18.9 Å². The van der Waals surface area contributed by atoms with Crippen LogP contribution in [0.3, 0.4) is 0 Å². The molecule has 2 aliphatic heterocycles. The van der Waals surface area contributed by atoms with E-state index in [2.05, 4.69) is 6.92 Å². The molecule has 31 heavy (non-hydrogen) atoms. The van der Waals surface area contributed by atoms with Gasteiger partial charge in [-0.25, -0.2) is 4.79 Å². The van der Waals surface area contributed by atoms with Crippen LogP contribution in [0.5, 0.6) is 0 Å². The van der Waals surface area contributed by atoms with E-state index in [-0.39, 0.29) is 24.3 Å². The third kappa shape index (κ3) is 5.73. The summed E-state index contributed by atoms with van der Waals surface area (Å²) in [6, 6.07) is 17.8. The number of hydrogen-bond acceptors (Lipinski definition) is 5. The maximum Gasteiger partial charge on any atom is 0.338 e. The lowest BCUT2D eigenvalue weighted by atomic mass is 10.0. The van der Waals surface area contributed by atoms with Crippen LogP contribution < -0.4 is 0 Å². The minimum absolute atomic E-state index is 0.152. The van der Waals surface area contributed by atoms with Gasteiger partial charge in [0.2, 0.25) is 0 Å². The normalized spacial score (nSPS) is 24.8. The molecule has 0 amide bonds. The van der Waals surface area contributed by atoms with Gasteiger partial charge >= 0.3 is 5.97 Å². The van der Waals surface area contributed by atoms with Crippen LogP contribution in [-0.4, -0.2) is 43.6 Å². The van der Waals surface area contributed by atoms with Gasteiger partial charge in [0.15, 0.2) is 6.10 Å². The summed E-state index contributed by atoms with van der Waals surface area (Å²) >= 11 is 0. The number of carbonyl (C=O) groups is 1. The molecule has 4 atom stereocenters. The van der Waals surface area contributed by atoms with Crippen molar-refractivity contribution >= 4 is 5.97 Å². The molecule has 0 spiro atoms. The van der Waals surface area contributed by atoms with Crippen LogP contribution in [-0.2, 0) is 32.0 Å². The Labute approximate surface area is 184 Å². The Morgan fingerprint density at radius 1 is 0.871 bits per heavy atom. The molecule has 0 N–H and O–H groups in total. The van der Waals surface area contributed by atoms with Crippen molar-refractivity contribution in [3.63, 3.8) is 0 Å². The fourth-order valence-electron chi connectivity index (χ4n) is 4.22. The lowest BCUT2D eigenvalue weighted by Crippen LogP contribution is -2.35. The number of fused-ring (bicyclic) bond motifs is 1. The summed E-state index contributed by atoms with van der Waals surface area (Å²) in [5, 5.41) is 0. The summed E-state index contributed by atoms with van der Waals surface area (Å²) in [4.78, 5) is 12.6. The molecule has 0 unspecified atom stereocenters. The van der Waals surface area contributed by atoms with Crippen LogP contribution >= 0.6 is 0 Å². The van der Waals surface area contributed by atoms with Gasteiger partial charge in [0, 0.05) is 0 Å². The number of aryl methyl sites for hydroxylation is 1. The number of unbranched alkanes of at least 4 members (excludes halogenated alkanes) is 3. The van der Waals surface area contributed by atoms with E-state index in [1.54, 1.807) is 0 Å². The molecule has 5 nitrogen and oxygen atoms in total. The molecule has 2 fully saturated rings. The summed E-state index contributed by atoms with van der Waals surface area (Å²) in [5.74, 6) is -0.330. The van der Waals surface area contributed by atoms with Crippen molar-refractivity contribution in [1.82, 2.24) is 0 Å². The smallest absolute Gasteiger partial charge is 0.338 e. The van der Waals surface area contributed by atoms with Gasteiger partial charge in [0.05, 0.1) is 25.4 Å². The molecule has 4 rings (SSSR count). The third-order valence-corrected chi connectivity index (χ3v) is 6.04. The first kappa shape index (κ1) is 22.0. The monoisotopic (exact) mass is 424 g/mol. The lowest BCUT2D eigenvalue weighted by Gasteiger charge is -2.17. The Bertz CT molecular complexity index is 819. The molecule has 2 saturated heterocycles. The quantitative estimate of drug-likeness (QED) is 0.408. The van der Waals surface area contributed by atoms with E-state index < -0.39 is 6.10 Å². The fraction of sp³-hybridized carbons (Fsp3) is 0.500. The zero-order valence-corrected chi connectivity index (χ0v) is 18.2. The van der Waals surface area contributed by atoms with Gasteiger partial charge in [-0.1, -0.05) is 68.7 Å². The molecule has 0 saturated carbocycles. The van der Waals surface area contributed by atoms with E-state index in [9.17, 15) is 4.79 Å². The maximum absolute atomic E-state index is 12.6. The molecule has 0 bridgehead atoms. The van der Waals surface area contributed by atoms with Crippen LogP contribution in [0.25, 0.3) is 0 Å². The molecule has 2 heterocycles. The predicted molar refractivity (Wildman–Crippen MR) is 118 cm³/mol. The average molecular weight is 425 g/mol. The highest BCUT2D eigenvalue weighted by atomic mass is 16.7. The summed E-state index contributed by atoms with van der Waals surface area (Å²) in [7, 11) is 0. The molecule has 2 aromatic rings. The molecule has 5 heteroatoms. The molecule has 166 valence electrons. The first-order valence-electron chi connectivity index (χ1n) is 11.4. The van der Waals surface area contributed by atoms with Gasteiger partial charge < -0.3 is 18.9 Å². The fourth-order valence-corrected chi connectivity index (χ4v) is 4.22. The molecule has 2 aromatic carbocycles. The minimum atomic E-state index is -0.406. The molecule has 0 aromatic heterocycles. The molecular weight excluding hydrogens is 392 g/mol. The van der Waals surface area contributed by atoms with Crippen molar-refractivity contribution < 1.29 is 23.7 Å². The molecule has 0 radical (unpaired) electrons. The number of benzene rings is 2. The standard InChI is InChI=1S/C26H32O5/c1-2-3-4-6-9-19-12-14-21(15-13-19)26(27)31-23-18-30-24-22(17-29-25(23)24)28-16-20-10-7-5-8-11-20/h5,7-8,10-15,22-25H,2-4,6,9,16-18H2,1H3/t22-,23-,24-,25-/m1/s1. The highest BCUT2D eigenvalue weighted by molar-refractivity contribution is 5.89. The number of esters is 1. The van der Waals surface area contributed by atoms with Crippen molar-refractivity contribution in [2.75, 3.05) is 13.2 Å². The van der Waals surface area contributed by atoms with Crippen LogP contribution in [0, 0.1) is 0 Å². The zero-order valence-electron chi connectivity index (χ0n) is 18.2. The van der Waals surface area contributed by atoms with Gasteiger partial charge in [-0.3, -0.25) is 0 Å². The maximum atomic E-state index is 12.6. The Morgan fingerprint density at radius 3 is 2.32 bits per heavy atom. The Morgan fingerprint density at radius 2 is 1.58 bits per heavy atom. The van der Waals surface area contributed by atoms with E-state index in [0.29, 0.717) is 25.4 Å². The minimum Gasteiger partial charge on any atom is -0.453 e. The second-order valence-corrected chi connectivity index (χ2v) is 8.38. The number of hydrogen-bond donors (Lipinski definition) is 0. The zero-order chi connectivity index (χ0) is 21.5. The topological polar surface area (TPSA) is 54.0 Å². The third-order valence-electron chi connectivity index (χ3n) is 6.04. The first-order chi connectivity index (χ1) is 15.2. The van der Waals surface area contributed by atoms with Crippen LogP contribution in [0.1, 0.15) is 54.1 Å². The summed E-state index contributed by atoms with van der Waals surface area (Å²) < 4.78 is 23.5. The number of carbonyl (C=O) groups excluding carboxylic acids is 1. The Balaban J connectivity index is 1.25. The van der Waals surface area contributed by atoms with Crippen molar-refractivity contribution in [2.24, 2.45) is 0 Å². The second kappa shape index (κ2) is 10.9. The van der Waals surface area contributed by atoms with Crippen molar-refractivity contribution in [2.45, 2.75) is 70.1 Å². The van der Waals surface area contributed by atoms with E-state index in [0.717, 1.165) is 12.0 Å². The van der Waals surface area contributed by atoms with Gasteiger partial charge in [0.1, 0.15) is 18.3 Å². The van der Waals surface area contributed by atoms with Crippen molar-refractivity contribution in [3.8, 4) is 0 Å². The van der Waals surface area contributed by atoms with E-state index in [1.165, 1.54) is 31.2 Å². The van der Waals surface area contributed by atoms with Crippen LogP contribution in [0.2, 0.25) is 0 Å². The van der Waals surface area contributed by atoms with Gasteiger partial charge in [-0.15, -0.1) is 0 Å². The summed E-state index contributed by atoms with van der Waals surface area (Å²) in [5.41, 5.74) is 2.94. The number of ether oxygens (including phenoxy) is 4. The van der Waals surface area contributed by atoms with Gasteiger partial charge in [-0.2, -0.15) is 0 Å². The highest BCUT2D eigenvalue weighted by Crippen LogP contribution is 2.31. The molecular formula is C26H32O5. The Hall–Kier alpha value is -2.21. The van der Waals surface area contributed by atoms with E-state index in [1.807, 2.05) is 54.6 Å². The van der Waals surface area contributed by atoms with Crippen molar-refractivity contribution in [3.05, 3.63) is 71.3 Å². The number of rotatable bonds is 10. The second-order valence-electron chi connectivity index (χ2n) is 8.38. The van der Waals surface area contributed by atoms with Gasteiger partial charge in [0.25, 0.3) is 0 Å². The summed E-state index contributed by atoms with van der Waals surface area (Å²) in [6.07, 6.45) is 4.96. The lowest BCUT2D eigenvalue weighted by molar-refractivity contribution is -0.0471. The summed E-state index contributed by atoms with van der Waals surface area (Å²) in [6.45, 7) is 3.51. The Kier molecular flexibility index (Phi) is 7.73. The largest absolute Gasteiger partial charge is 0.453 e. The average Bonchev–Trinajstić information content (AvgIpc) is 3.39.